The molecule has 0 aromatic carbocycles. The summed E-state index contributed by atoms with van der Waals surface area (Å²) in [7, 11) is 0. The Hall–Kier alpha value is -1.34. The molecule has 33 heavy (non-hydrogen) atoms. The van der Waals surface area contributed by atoms with Gasteiger partial charge in [0.2, 0.25) is 0 Å². The Morgan fingerprint density at radius 3 is 2.55 bits per heavy atom. The van der Waals surface area contributed by atoms with Crippen molar-refractivity contribution in [2.45, 2.75) is 64.4 Å². The highest BCUT2D eigenvalue weighted by Gasteiger charge is 2.64. The third kappa shape index (κ3) is 3.60. The average molecular weight is 457 g/mol. The molecule has 1 saturated heterocycles. The first kappa shape index (κ1) is 23.4. The number of allylic oxidation sites excluding steroid dienone is 4. The van der Waals surface area contributed by atoms with Gasteiger partial charge in [-0.2, -0.15) is 0 Å². The van der Waals surface area contributed by atoms with Crippen LogP contribution in [0.5, 0.6) is 0 Å². The highest BCUT2D eigenvalue weighted by Crippen LogP contribution is 2.65. The van der Waals surface area contributed by atoms with Crippen LogP contribution in [0.3, 0.4) is 0 Å². The minimum Gasteiger partial charge on any atom is -0.395 e. The Kier molecular flexibility index (Phi) is 5.96. The maximum absolute atomic E-state index is 13.6. The second kappa shape index (κ2) is 8.40. The number of ketones is 2. The number of Topliss-reactive ketones (excluding diaryl/α,β-unsaturated/α-hetero) is 1. The number of hydrogen-bond acceptors (Lipinski definition) is 6. The second-order valence-electron chi connectivity index (χ2n) is 11.7. The summed E-state index contributed by atoms with van der Waals surface area (Å²) in [5, 5.41) is 21.1. The number of carbonyl (C=O) groups is 2. The fourth-order valence-electron chi connectivity index (χ4n) is 7.97. The number of aliphatic hydroxyl groups is 2. The van der Waals surface area contributed by atoms with Gasteiger partial charge in [0, 0.05) is 50.0 Å². The molecule has 2 saturated carbocycles. The van der Waals surface area contributed by atoms with Gasteiger partial charge in [-0.3, -0.25) is 19.4 Å². The first-order chi connectivity index (χ1) is 15.7. The van der Waals surface area contributed by atoms with Gasteiger partial charge < -0.3 is 10.2 Å². The Labute approximate surface area is 197 Å². The minimum atomic E-state index is -1.26. The summed E-state index contributed by atoms with van der Waals surface area (Å²) in [6.07, 6.45) is 9.97. The molecule has 3 fully saturated rings. The molecule has 0 unspecified atom stereocenters. The molecule has 0 aromatic heterocycles. The van der Waals surface area contributed by atoms with E-state index < -0.39 is 11.0 Å². The van der Waals surface area contributed by atoms with Crippen molar-refractivity contribution in [2.24, 2.45) is 22.7 Å². The van der Waals surface area contributed by atoms with Gasteiger partial charge in [0.1, 0.15) is 5.60 Å². The number of carbonyl (C=O) groups excluding carboxylic acids is 2. The minimum absolute atomic E-state index is 0.00849. The van der Waals surface area contributed by atoms with E-state index in [1.54, 1.807) is 0 Å². The lowest BCUT2D eigenvalue weighted by Gasteiger charge is -2.54. The SMILES string of the molecule is C[C@]12CCC(=O)C=C1CC[C@@H]1C2=CC[C@@]2(C)[C@H]1CC[C@]2(O)C(=O)CN1CCN(CCO)CC1. The molecule has 182 valence electrons. The lowest BCUT2D eigenvalue weighted by molar-refractivity contribution is -0.154. The Balaban J connectivity index is 1.34. The van der Waals surface area contributed by atoms with Gasteiger partial charge in [0.05, 0.1) is 13.2 Å². The predicted octanol–water partition coefficient (Wildman–Crippen LogP) is 2.35. The highest BCUT2D eigenvalue weighted by molar-refractivity contribution is 5.92. The molecule has 1 heterocycles. The van der Waals surface area contributed by atoms with Gasteiger partial charge in [-0.25, -0.2) is 0 Å². The molecule has 5 atom stereocenters. The van der Waals surface area contributed by atoms with E-state index in [0.29, 0.717) is 37.8 Å². The first-order valence-corrected chi connectivity index (χ1v) is 13.0. The van der Waals surface area contributed by atoms with Gasteiger partial charge in [0.25, 0.3) is 0 Å². The molecule has 0 amide bonds. The van der Waals surface area contributed by atoms with E-state index in [1.807, 2.05) is 6.08 Å². The zero-order valence-electron chi connectivity index (χ0n) is 20.3. The van der Waals surface area contributed by atoms with E-state index in [0.717, 1.165) is 58.3 Å². The molecular weight excluding hydrogens is 416 g/mol. The smallest absolute Gasteiger partial charge is 0.178 e. The molecule has 5 rings (SSSR count). The molecule has 0 radical (unpaired) electrons. The summed E-state index contributed by atoms with van der Waals surface area (Å²) < 4.78 is 0. The number of rotatable bonds is 5. The number of β-amino-alcohol motifs (C(OH)–C–C–N with tert-alkyl or cyclic N) is 1. The summed E-state index contributed by atoms with van der Waals surface area (Å²) in [5.41, 5.74) is 1.08. The molecule has 5 aliphatic rings. The molecule has 4 aliphatic carbocycles. The van der Waals surface area contributed by atoms with Crippen LogP contribution >= 0.6 is 0 Å². The maximum Gasteiger partial charge on any atom is 0.178 e. The lowest BCUT2D eigenvalue weighted by atomic mass is 9.50. The highest BCUT2D eigenvalue weighted by atomic mass is 16.3. The van der Waals surface area contributed by atoms with Crippen LogP contribution in [0.4, 0.5) is 0 Å². The standard InChI is InChI=1S/C27H40N2O4/c1-25-8-5-20(31)17-19(25)3-4-21-22(25)6-9-26(2)23(21)7-10-27(26,33)24(32)18-29-13-11-28(12-14-29)15-16-30/h6,17,21,23,30,33H,3-5,7-16,18H2,1-2H3/t21-,23+,25+,26+,27+/m1/s1. The van der Waals surface area contributed by atoms with Crippen molar-refractivity contribution in [2.75, 3.05) is 45.9 Å². The lowest BCUT2D eigenvalue weighted by Crippen LogP contribution is -2.58. The van der Waals surface area contributed by atoms with Crippen molar-refractivity contribution in [3.8, 4) is 0 Å². The van der Waals surface area contributed by atoms with Crippen molar-refractivity contribution in [3.05, 3.63) is 23.3 Å². The zero-order chi connectivity index (χ0) is 23.4. The van der Waals surface area contributed by atoms with Gasteiger partial charge in [-0.05, 0) is 56.4 Å². The van der Waals surface area contributed by atoms with Gasteiger partial charge in [-0.1, -0.05) is 31.1 Å². The predicted molar refractivity (Wildman–Crippen MR) is 127 cm³/mol. The Morgan fingerprint density at radius 1 is 1.09 bits per heavy atom. The van der Waals surface area contributed by atoms with E-state index in [2.05, 4.69) is 29.7 Å². The zero-order valence-corrected chi connectivity index (χ0v) is 20.3. The molecule has 0 bridgehead atoms. The van der Waals surface area contributed by atoms with Crippen molar-refractivity contribution in [1.29, 1.82) is 0 Å². The van der Waals surface area contributed by atoms with E-state index >= 15 is 0 Å². The molecular formula is C27H40N2O4. The van der Waals surface area contributed by atoms with Crippen LogP contribution in [0.15, 0.2) is 23.3 Å². The van der Waals surface area contributed by atoms with Crippen LogP contribution in [-0.4, -0.2) is 83.1 Å². The number of nitrogens with zero attached hydrogens (tertiary/aromatic N) is 2. The van der Waals surface area contributed by atoms with Crippen molar-refractivity contribution >= 4 is 11.6 Å². The molecule has 6 nitrogen and oxygen atoms in total. The van der Waals surface area contributed by atoms with Crippen LogP contribution in [-0.2, 0) is 9.59 Å². The fourth-order valence-corrected chi connectivity index (χ4v) is 7.97. The summed E-state index contributed by atoms with van der Waals surface area (Å²) in [6.45, 7) is 8.98. The monoisotopic (exact) mass is 456 g/mol. The first-order valence-electron chi connectivity index (χ1n) is 13.0. The Bertz CT molecular complexity index is 889. The summed E-state index contributed by atoms with van der Waals surface area (Å²) in [6, 6.07) is 0. The van der Waals surface area contributed by atoms with Crippen molar-refractivity contribution < 1.29 is 19.8 Å². The topological polar surface area (TPSA) is 81.1 Å². The maximum atomic E-state index is 13.6. The summed E-state index contributed by atoms with van der Waals surface area (Å²) in [5.74, 6) is 0.984. The molecule has 1 aliphatic heterocycles. The van der Waals surface area contributed by atoms with Crippen LogP contribution in [0.25, 0.3) is 0 Å². The molecule has 6 heteroatoms. The van der Waals surface area contributed by atoms with E-state index in [9.17, 15) is 14.7 Å². The normalized spacial score (nSPS) is 41.6. The van der Waals surface area contributed by atoms with Crippen molar-refractivity contribution in [3.63, 3.8) is 0 Å². The quantitative estimate of drug-likeness (QED) is 0.618. The van der Waals surface area contributed by atoms with E-state index in [1.165, 1.54) is 11.1 Å². The Morgan fingerprint density at radius 2 is 1.82 bits per heavy atom. The largest absolute Gasteiger partial charge is 0.395 e. The molecule has 2 N–H and O–H groups in total. The number of piperazine rings is 1. The number of hydrogen-bond donors (Lipinski definition) is 2. The van der Waals surface area contributed by atoms with Gasteiger partial charge in [-0.15, -0.1) is 0 Å². The van der Waals surface area contributed by atoms with Crippen LogP contribution < -0.4 is 0 Å². The van der Waals surface area contributed by atoms with Crippen LogP contribution in [0.2, 0.25) is 0 Å². The van der Waals surface area contributed by atoms with Crippen molar-refractivity contribution in [1.82, 2.24) is 9.80 Å². The van der Waals surface area contributed by atoms with Crippen LogP contribution in [0, 0.1) is 22.7 Å². The second-order valence-corrected chi connectivity index (χ2v) is 11.7. The summed E-state index contributed by atoms with van der Waals surface area (Å²) >= 11 is 0. The third-order valence-electron chi connectivity index (χ3n) is 10.2. The van der Waals surface area contributed by atoms with Gasteiger partial charge >= 0.3 is 0 Å². The average Bonchev–Trinajstić information content (AvgIpc) is 3.08. The number of fused-ring (bicyclic) bond motifs is 5. The molecule has 0 spiro atoms. The fraction of sp³-hybridized carbons (Fsp3) is 0.778. The van der Waals surface area contributed by atoms with E-state index in [-0.39, 0.29) is 23.6 Å². The van der Waals surface area contributed by atoms with E-state index in [4.69, 9.17) is 5.11 Å². The molecule has 0 aromatic rings. The van der Waals surface area contributed by atoms with Gasteiger partial charge in [0.15, 0.2) is 11.6 Å². The third-order valence-corrected chi connectivity index (χ3v) is 10.2. The van der Waals surface area contributed by atoms with Crippen LogP contribution in [0.1, 0.15) is 58.8 Å². The number of aliphatic hydroxyl groups excluding tert-OH is 1. The summed E-state index contributed by atoms with van der Waals surface area (Å²) in [4.78, 5) is 30.0.